The number of carbonyl (C=O) groups excluding carboxylic acids is 1. The summed E-state index contributed by atoms with van der Waals surface area (Å²) in [5.74, 6) is -0.666. The van der Waals surface area contributed by atoms with Crippen LogP contribution in [-0.4, -0.2) is 73.9 Å². The molecule has 4 atom stereocenters. The van der Waals surface area contributed by atoms with Crippen molar-refractivity contribution < 1.29 is 40.2 Å². The molecular weight excluding hydrogens is 308 g/mol. The van der Waals surface area contributed by atoms with E-state index in [0.717, 1.165) is 12.8 Å². The molecule has 0 spiro atoms. The highest BCUT2D eigenvalue weighted by molar-refractivity contribution is 5.66. The SMILES string of the molecule is CCCCCCCCC(=O)O.O=C[C@@H](O)[C@@H](O)[C@H](O)[C@H](O)CO. The molecule has 0 fully saturated rings. The molecule has 0 aromatic rings. The minimum atomic E-state index is -1.79. The monoisotopic (exact) mass is 338 g/mol. The maximum atomic E-state index is 10.1. The van der Waals surface area contributed by atoms with Crippen molar-refractivity contribution in [1.29, 1.82) is 0 Å². The zero-order valence-corrected chi connectivity index (χ0v) is 13.5. The number of aliphatic hydroxyl groups excluding tert-OH is 5. The Morgan fingerprint density at radius 1 is 0.957 bits per heavy atom. The van der Waals surface area contributed by atoms with Gasteiger partial charge in [0.15, 0.2) is 6.29 Å². The predicted octanol–water partition coefficient (Wildman–Crippen LogP) is -0.557. The van der Waals surface area contributed by atoms with Crippen LogP contribution in [-0.2, 0) is 9.59 Å². The van der Waals surface area contributed by atoms with Gasteiger partial charge in [0.05, 0.1) is 6.61 Å². The van der Waals surface area contributed by atoms with Crippen molar-refractivity contribution in [2.24, 2.45) is 0 Å². The second-order valence-corrected chi connectivity index (χ2v) is 5.27. The Balaban J connectivity index is 0. The molecule has 8 heteroatoms. The van der Waals surface area contributed by atoms with Gasteiger partial charge in [-0.1, -0.05) is 39.0 Å². The molecule has 0 aliphatic heterocycles. The van der Waals surface area contributed by atoms with Gasteiger partial charge in [0.2, 0.25) is 0 Å². The number of aliphatic carboxylic acids is 1. The van der Waals surface area contributed by atoms with Gasteiger partial charge in [0.25, 0.3) is 0 Å². The summed E-state index contributed by atoms with van der Waals surface area (Å²) in [6.45, 7) is 1.42. The third kappa shape index (κ3) is 14.3. The summed E-state index contributed by atoms with van der Waals surface area (Å²) in [6.07, 6.45) is 0.411. The number of rotatable bonds is 12. The van der Waals surface area contributed by atoms with Gasteiger partial charge >= 0.3 is 5.97 Å². The Bertz CT molecular complexity index is 297. The van der Waals surface area contributed by atoms with Crippen LogP contribution in [0.5, 0.6) is 0 Å². The Labute approximate surface area is 136 Å². The fourth-order valence-corrected chi connectivity index (χ4v) is 1.67. The van der Waals surface area contributed by atoms with E-state index < -0.39 is 37.0 Å². The van der Waals surface area contributed by atoms with Crippen LogP contribution in [0.25, 0.3) is 0 Å². The normalized spacial score (nSPS) is 15.7. The fourth-order valence-electron chi connectivity index (χ4n) is 1.67. The van der Waals surface area contributed by atoms with E-state index in [4.69, 9.17) is 30.6 Å². The van der Waals surface area contributed by atoms with Crippen molar-refractivity contribution in [2.45, 2.75) is 76.3 Å². The smallest absolute Gasteiger partial charge is 0.303 e. The van der Waals surface area contributed by atoms with E-state index in [1.807, 2.05) is 0 Å². The molecule has 23 heavy (non-hydrogen) atoms. The quantitative estimate of drug-likeness (QED) is 0.204. The molecule has 0 radical (unpaired) electrons. The number of carboxylic acids is 1. The molecule has 0 heterocycles. The fraction of sp³-hybridized carbons (Fsp3) is 0.867. The van der Waals surface area contributed by atoms with Gasteiger partial charge in [-0.15, -0.1) is 0 Å². The Kier molecular flexibility index (Phi) is 16.6. The first kappa shape index (κ1) is 24.2. The van der Waals surface area contributed by atoms with Crippen molar-refractivity contribution in [3.63, 3.8) is 0 Å². The van der Waals surface area contributed by atoms with Gasteiger partial charge in [-0.2, -0.15) is 0 Å². The second kappa shape index (κ2) is 15.8. The molecule has 0 rings (SSSR count). The molecule has 6 N–H and O–H groups in total. The lowest BCUT2D eigenvalue weighted by atomic mass is 10.0. The highest BCUT2D eigenvalue weighted by Crippen LogP contribution is 2.06. The van der Waals surface area contributed by atoms with E-state index in [-0.39, 0.29) is 6.29 Å². The van der Waals surface area contributed by atoms with Gasteiger partial charge in [0.1, 0.15) is 24.4 Å². The largest absolute Gasteiger partial charge is 0.481 e. The maximum Gasteiger partial charge on any atom is 0.303 e. The molecule has 0 aromatic heterocycles. The van der Waals surface area contributed by atoms with Crippen molar-refractivity contribution >= 4 is 12.3 Å². The summed E-state index contributed by atoms with van der Waals surface area (Å²) < 4.78 is 0. The van der Waals surface area contributed by atoms with Crippen LogP contribution in [0.1, 0.15) is 51.9 Å². The first-order chi connectivity index (χ1) is 10.8. The number of hydrogen-bond donors (Lipinski definition) is 6. The van der Waals surface area contributed by atoms with Crippen LogP contribution in [0, 0.1) is 0 Å². The molecule has 0 unspecified atom stereocenters. The first-order valence-corrected chi connectivity index (χ1v) is 7.81. The average Bonchev–Trinajstić information content (AvgIpc) is 2.55. The number of carbonyl (C=O) groups is 2. The minimum Gasteiger partial charge on any atom is -0.481 e. The molecule has 0 amide bonds. The summed E-state index contributed by atoms with van der Waals surface area (Å²) in [5, 5.41) is 51.9. The lowest BCUT2D eigenvalue weighted by molar-refractivity contribution is -0.137. The number of aldehydes is 1. The molecule has 8 nitrogen and oxygen atoms in total. The molecule has 0 saturated heterocycles. The van der Waals surface area contributed by atoms with Gasteiger partial charge in [-0.25, -0.2) is 0 Å². The Morgan fingerprint density at radius 2 is 1.48 bits per heavy atom. The summed E-state index contributed by atoms with van der Waals surface area (Å²) in [4.78, 5) is 20.0. The number of hydrogen-bond acceptors (Lipinski definition) is 7. The number of carboxylic acid groups (broad SMARTS) is 1. The third-order valence-corrected chi connectivity index (χ3v) is 3.16. The van der Waals surface area contributed by atoms with Crippen molar-refractivity contribution in [1.82, 2.24) is 0 Å². The summed E-state index contributed by atoms with van der Waals surface area (Å²) >= 11 is 0. The topological polar surface area (TPSA) is 156 Å². The lowest BCUT2D eigenvalue weighted by Gasteiger charge is -2.22. The first-order valence-electron chi connectivity index (χ1n) is 7.81. The van der Waals surface area contributed by atoms with Crippen LogP contribution in [0.4, 0.5) is 0 Å². The number of unbranched alkanes of at least 4 members (excludes halogenated alkanes) is 5. The highest BCUT2D eigenvalue weighted by atomic mass is 16.4. The van der Waals surface area contributed by atoms with Crippen molar-refractivity contribution in [3.05, 3.63) is 0 Å². The average molecular weight is 338 g/mol. The van der Waals surface area contributed by atoms with Crippen molar-refractivity contribution in [3.8, 4) is 0 Å². The Hall–Kier alpha value is -1.06. The summed E-state index contributed by atoms with van der Waals surface area (Å²) in [6, 6.07) is 0. The van der Waals surface area contributed by atoms with Gasteiger partial charge in [0, 0.05) is 6.42 Å². The van der Waals surface area contributed by atoms with Gasteiger partial charge in [-0.3, -0.25) is 4.79 Å². The zero-order valence-electron chi connectivity index (χ0n) is 13.5. The molecule has 0 aromatic carbocycles. The standard InChI is InChI=1S/C9H18O2.C6H12O6/c1-2-3-4-5-6-7-8-9(10)11;7-1-3(9)5(11)6(12)4(10)2-8/h2-8H2,1H3,(H,10,11);1,3-6,8-12H,2H2/t;3-,4-,5-,6-/m.1/s1. The van der Waals surface area contributed by atoms with Gasteiger partial charge < -0.3 is 35.4 Å². The molecule has 0 aliphatic rings. The van der Waals surface area contributed by atoms with Crippen LogP contribution < -0.4 is 0 Å². The third-order valence-electron chi connectivity index (χ3n) is 3.16. The van der Waals surface area contributed by atoms with E-state index in [1.54, 1.807) is 0 Å². The van der Waals surface area contributed by atoms with E-state index in [2.05, 4.69) is 6.92 Å². The van der Waals surface area contributed by atoms with E-state index >= 15 is 0 Å². The molecular formula is C15H30O8. The van der Waals surface area contributed by atoms with Crippen LogP contribution in [0.3, 0.4) is 0 Å². The molecule has 0 bridgehead atoms. The van der Waals surface area contributed by atoms with Gasteiger partial charge in [-0.05, 0) is 6.42 Å². The highest BCUT2D eigenvalue weighted by Gasteiger charge is 2.29. The minimum absolute atomic E-state index is 0.0258. The van der Waals surface area contributed by atoms with E-state index in [9.17, 15) is 9.59 Å². The van der Waals surface area contributed by atoms with E-state index in [1.165, 1.54) is 25.7 Å². The molecule has 0 aliphatic carbocycles. The van der Waals surface area contributed by atoms with Crippen LogP contribution in [0.15, 0.2) is 0 Å². The zero-order chi connectivity index (χ0) is 18.3. The van der Waals surface area contributed by atoms with Crippen LogP contribution >= 0.6 is 0 Å². The summed E-state index contributed by atoms with van der Waals surface area (Å²) in [5.41, 5.74) is 0. The predicted molar refractivity (Wildman–Crippen MR) is 82.8 cm³/mol. The van der Waals surface area contributed by atoms with E-state index in [0.29, 0.717) is 6.42 Å². The molecule has 0 saturated carbocycles. The number of aliphatic hydroxyl groups is 5. The maximum absolute atomic E-state index is 10.1. The van der Waals surface area contributed by atoms with Crippen molar-refractivity contribution in [2.75, 3.05) is 6.61 Å². The molecule has 138 valence electrons. The lowest BCUT2D eigenvalue weighted by Crippen LogP contribution is -2.46. The Morgan fingerprint density at radius 3 is 1.91 bits per heavy atom. The summed E-state index contributed by atoms with van der Waals surface area (Å²) in [7, 11) is 0. The van der Waals surface area contributed by atoms with Crippen LogP contribution in [0.2, 0.25) is 0 Å². The second-order valence-electron chi connectivity index (χ2n) is 5.27.